The summed E-state index contributed by atoms with van der Waals surface area (Å²) in [4.78, 5) is 12.2. The molecule has 1 heterocycles. The van der Waals surface area contributed by atoms with Crippen LogP contribution in [0.15, 0.2) is 35.7 Å². The fraction of sp³-hybridized carbons (Fsp3) is 0.154. The van der Waals surface area contributed by atoms with Crippen LogP contribution >= 0.6 is 11.3 Å². The van der Waals surface area contributed by atoms with Crippen molar-refractivity contribution >= 4 is 17.2 Å². The number of carbonyl (C=O) groups is 1. The monoisotopic (exact) mass is 264 g/mol. The number of thiophene rings is 1. The van der Waals surface area contributed by atoms with Gasteiger partial charge in [0.15, 0.2) is 0 Å². The second kappa shape index (κ2) is 5.75. The van der Waals surface area contributed by atoms with Crippen LogP contribution in [0.4, 0.5) is 4.39 Å². The molecule has 0 saturated carbocycles. The lowest BCUT2D eigenvalue weighted by Gasteiger charge is -2.06. The van der Waals surface area contributed by atoms with Gasteiger partial charge in [-0.1, -0.05) is 6.07 Å². The second-order valence-corrected chi connectivity index (χ2v) is 4.89. The van der Waals surface area contributed by atoms with Crippen LogP contribution in [-0.2, 0) is 13.1 Å². The van der Waals surface area contributed by atoms with E-state index in [1.54, 1.807) is 11.3 Å². The van der Waals surface area contributed by atoms with Gasteiger partial charge in [-0.3, -0.25) is 4.79 Å². The summed E-state index contributed by atoms with van der Waals surface area (Å²) in [5.41, 5.74) is 5.93. The Bertz CT molecular complexity index is 540. The molecule has 18 heavy (non-hydrogen) atoms. The van der Waals surface area contributed by atoms with E-state index in [0.29, 0.717) is 24.2 Å². The normalized spacial score (nSPS) is 10.5. The average Bonchev–Trinajstić information content (AvgIpc) is 2.84. The first kappa shape index (κ1) is 12.7. The van der Waals surface area contributed by atoms with Crippen LogP contribution in [0.1, 0.15) is 20.8 Å². The Kier molecular flexibility index (Phi) is 4.07. The molecule has 0 unspecified atom stereocenters. The number of primary amides is 1. The van der Waals surface area contributed by atoms with Gasteiger partial charge < -0.3 is 11.1 Å². The maximum Gasteiger partial charge on any atom is 0.248 e. The lowest BCUT2D eigenvalue weighted by Crippen LogP contribution is -2.15. The summed E-state index contributed by atoms with van der Waals surface area (Å²) in [6.07, 6.45) is 0. The minimum Gasteiger partial charge on any atom is -0.366 e. The molecule has 0 aliphatic carbocycles. The first-order chi connectivity index (χ1) is 8.66. The van der Waals surface area contributed by atoms with E-state index in [2.05, 4.69) is 5.32 Å². The summed E-state index contributed by atoms with van der Waals surface area (Å²) in [6, 6.07) is 8.12. The topological polar surface area (TPSA) is 55.1 Å². The van der Waals surface area contributed by atoms with Crippen molar-refractivity contribution in [3.05, 3.63) is 57.5 Å². The third-order valence-electron chi connectivity index (χ3n) is 2.53. The maximum atomic E-state index is 13.5. The summed E-state index contributed by atoms with van der Waals surface area (Å²) >= 11 is 1.64. The molecule has 1 aromatic carbocycles. The molecule has 5 heteroatoms. The first-order valence-corrected chi connectivity index (χ1v) is 6.36. The predicted octanol–water partition coefficient (Wildman–Crippen LogP) is 2.28. The van der Waals surface area contributed by atoms with Crippen LogP contribution in [0.2, 0.25) is 0 Å². The quantitative estimate of drug-likeness (QED) is 0.870. The third-order valence-corrected chi connectivity index (χ3v) is 3.40. The zero-order chi connectivity index (χ0) is 13.0. The van der Waals surface area contributed by atoms with E-state index in [1.165, 1.54) is 23.1 Å². The molecular weight excluding hydrogens is 251 g/mol. The molecule has 0 radical (unpaired) electrons. The number of benzene rings is 1. The Morgan fingerprint density at radius 1 is 1.33 bits per heavy atom. The summed E-state index contributed by atoms with van der Waals surface area (Å²) < 4.78 is 13.5. The van der Waals surface area contributed by atoms with Gasteiger partial charge in [-0.15, -0.1) is 11.3 Å². The molecule has 2 rings (SSSR count). The first-order valence-electron chi connectivity index (χ1n) is 5.48. The molecule has 0 atom stereocenters. The number of halogens is 1. The number of nitrogens with one attached hydrogen (secondary N) is 1. The van der Waals surface area contributed by atoms with Crippen LogP contribution in [0.25, 0.3) is 0 Å². The van der Waals surface area contributed by atoms with Crippen molar-refractivity contribution in [1.29, 1.82) is 0 Å². The van der Waals surface area contributed by atoms with Crippen molar-refractivity contribution in [2.24, 2.45) is 5.73 Å². The maximum absolute atomic E-state index is 13.5. The molecule has 1 aromatic heterocycles. The van der Waals surface area contributed by atoms with Crippen molar-refractivity contribution in [3.63, 3.8) is 0 Å². The fourth-order valence-electron chi connectivity index (χ4n) is 1.60. The minimum atomic E-state index is -0.547. The SMILES string of the molecule is NC(=O)c1ccc(F)c(CNCc2cccs2)c1. The molecule has 3 N–H and O–H groups in total. The van der Waals surface area contributed by atoms with Gasteiger partial charge in [0, 0.05) is 29.1 Å². The standard InChI is InChI=1S/C13H13FN2OS/c14-12-4-3-9(13(15)17)6-10(12)7-16-8-11-2-1-5-18-11/h1-6,16H,7-8H2,(H2,15,17). The predicted molar refractivity (Wildman–Crippen MR) is 69.8 cm³/mol. The van der Waals surface area contributed by atoms with Gasteiger partial charge in [-0.2, -0.15) is 0 Å². The number of rotatable bonds is 5. The van der Waals surface area contributed by atoms with E-state index in [1.807, 2.05) is 17.5 Å². The molecule has 1 amide bonds. The highest BCUT2D eigenvalue weighted by atomic mass is 32.1. The van der Waals surface area contributed by atoms with Crippen molar-refractivity contribution in [1.82, 2.24) is 5.32 Å². The Labute approximate surface area is 108 Å². The lowest BCUT2D eigenvalue weighted by atomic mass is 10.1. The third kappa shape index (κ3) is 3.15. The largest absolute Gasteiger partial charge is 0.366 e. The van der Waals surface area contributed by atoms with Gasteiger partial charge in [0.2, 0.25) is 5.91 Å². The minimum absolute atomic E-state index is 0.323. The molecule has 2 aromatic rings. The van der Waals surface area contributed by atoms with E-state index >= 15 is 0 Å². The Balaban J connectivity index is 2.00. The second-order valence-electron chi connectivity index (χ2n) is 3.85. The molecule has 0 saturated heterocycles. The van der Waals surface area contributed by atoms with E-state index < -0.39 is 5.91 Å². The molecule has 3 nitrogen and oxygen atoms in total. The summed E-state index contributed by atoms with van der Waals surface area (Å²) in [5.74, 6) is -0.881. The van der Waals surface area contributed by atoms with E-state index in [4.69, 9.17) is 5.73 Å². The van der Waals surface area contributed by atoms with Crippen LogP contribution in [-0.4, -0.2) is 5.91 Å². The van der Waals surface area contributed by atoms with Crippen LogP contribution in [0, 0.1) is 5.82 Å². The smallest absolute Gasteiger partial charge is 0.248 e. The molecular formula is C13H13FN2OS. The number of hydrogen-bond donors (Lipinski definition) is 2. The summed E-state index contributed by atoms with van der Waals surface area (Å²) in [6.45, 7) is 1.04. The zero-order valence-electron chi connectivity index (χ0n) is 9.65. The van der Waals surface area contributed by atoms with Crippen LogP contribution < -0.4 is 11.1 Å². The van der Waals surface area contributed by atoms with Crippen molar-refractivity contribution in [3.8, 4) is 0 Å². The highest BCUT2D eigenvalue weighted by Gasteiger charge is 2.06. The van der Waals surface area contributed by atoms with Crippen LogP contribution in [0.5, 0.6) is 0 Å². The summed E-state index contributed by atoms with van der Waals surface area (Å²) in [5, 5.41) is 5.12. The Morgan fingerprint density at radius 3 is 2.83 bits per heavy atom. The van der Waals surface area contributed by atoms with E-state index in [0.717, 1.165) is 0 Å². The zero-order valence-corrected chi connectivity index (χ0v) is 10.5. The van der Waals surface area contributed by atoms with Gasteiger partial charge in [0.1, 0.15) is 5.82 Å². The molecule has 0 aliphatic rings. The van der Waals surface area contributed by atoms with Crippen molar-refractivity contribution in [2.75, 3.05) is 0 Å². The van der Waals surface area contributed by atoms with Gasteiger partial charge >= 0.3 is 0 Å². The van der Waals surface area contributed by atoms with Gasteiger partial charge in [-0.05, 0) is 29.6 Å². The number of hydrogen-bond acceptors (Lipinski definition) is 3. The molecule has 0 spiro atoms. The van der Waals surface area contributed by atoms with E-state index in [9.17, 15) is 9.18 Å². The average molecular weight is 264 g/mol. The van der Waals surface area contributed by atoms with Crippen molar-refractivity contribution in [2.45, 2.75) is 13.1 Å². The Morgan fingerprint density at radius 2 is 2.17 bits per heavy atom. The van der Waals surface area contributed by atoms with E-state index in [-0.39, 0.29) is 5.82 Å². The van der Waals surface area contributed by atoms with Gasteiger partial charge in [0.05, 0.1) is 0 Å². The molecule has 0 bridgehead atoms. The molecule has 0 fully saturated rings. The van der Waals surface area contributed by atoms with Gasteiger partial charge in [-0.25, -0.2) is 4.39 Å². The van der Waals surface area contributed by atoms with Gasteiger partial charge in [0.25, 0.3) is 0 Å². The highest BCUT2D eigenvalue weighted by molar-refractivity contribution is 7.09. The lowest BCUT2D eigenvalue weighted by molar-refractivity contribution is 0.1000. The Hall–Kier alpha value is -1.72. The summed E-state index contributed by atoms with van der Waals surface area (Å²) in [7, 11) is 0. The van der Waals surface area contributed by atoms with Crippen LogP contribution in [0.3, 0.4) is 0 Å². The fourth-order valence-corrected chi connectivity index (χ4v) is 2.27. The number of nitrogens with two attached hydrogens (primary N) is 1. The highest BCUT2D eigenvalue weighted by Crippen LogP contribution is 2.12. The molecule has 0 aliphatic heterocycles. The number of amides is 1. The molecule has 94 valence electrons. The number of carbonyl (C=O) groups excluding carboxylic acids is 1. The van der Waals surface area contributed by atoms with Crippen molar-refractivity contribution < 1.29 is 9.18 Å².